The van der Waals surface area contributed by atoms with Crippen molar-refractivity contribution in [2.45, 2.75) is 37.3 Å². The van der Waals surface area contributed by atoms with E-state index in [1.807, 2.05) is 0 Å². The zero-order valence-electron chi connectivity index (χ0n) is 12.0. The second-order valence-electron chi connectivity index (χ2n) is 5.17. The summed E-state index contributed by atoms with van der Waals surface area (Å²) in [7, 11) is -3.57. The molecule has 1 aliphatic carbocycles. The summed E-state index contributed by atoms with van der Waals surface area (Å²) in [5, 5.41) is 9.51. The van der Waals surface area contributed by atoms with Gasteiger partial charge in [-0.1, -0.05) is 18.5 Å². The number of sulfonamides is 1. The minimum absolute atomic E-state index is 0.130. The molecule has 0 unspecified atom stereocenters. The lowest BCUT2D eigenvalue weighted by atomic mass is 10.2. The van der Waals surface area contributed by atoms with Crippen molar-refractivity contribution in [1.82, 2.24) is 9.62 Å². The van der Waals surface area contributed by atoms with Gasteiger partial charge in [0, 0.05) is 24.2 Å². The Morgan fingerprint density at radius 2 is 2.14 bits per heavy atom. The van der Waals surface area contributed by atoms with Crippen molar-refractivity contribution in [3.8, 4) is 0 Å². The molecule has 1 aliphatic rings. The first-order chi connectivity index (χ1) is 9.97. The predicted octanol–water partition coefficient (Wildman–Crippen LogP) is 1.59. The number of hydrogen-bond donors (Lipinski definition) is 2. The summed E-state index contributed by atoms with van der Waals surface area (Å²) in [5.74, 6) is 0. The summed E-state index contributed by atoms with van der Waals surface area (Å²) in [6.07, 6.45) is 2.41. The Balaban J connectivity index is 1.97. The maximum atomic E-state index is 12.2. The average Bonchev–Trinajstić information content (AvgIpc) is 3.28. The summed E-state index contributed by atoms with van der Waals surface area (Å²) in [5.41, 5.74) is 0.410. The lowest BCUT2D eigenvalue weighted by molar-refractivity contribution is 0.281. The van der Waals surface area contributed by atoms with E-state index in [0.29, 0.717) is 29.7 Å². The average molecular weight is 333 g/mol. The predicted molar refractivity (Wildman–Crippen MR) is 82.8 cm³/mol. The second kappa shape index (κ2) is 7.07. The molecule has 0 saturated heterocycles. The number of hydrogen-bond acceptors (Lipinski definition) is 4. The SMILES string of the molecule is CCN(CCNS(=O)(=O)c1ccc(Cl)c(CO)c1)C1CC1. The highest BCUT2D eigenvalue weighted by atomic mass is 35.5. The van der Waals surface area contributed by atoms with Gasteiger partial charge in [-0.2, -0.15) is 0 Å². The Labute approximate surface area is 131 Å². The standard InChI is InChI=1S/C14H21ClN2O3S/c1-2-17(12-3-4-12)8-7-16-21(19,20)13-5-6-14(15)11(9-13)10-18/h5-6,9,12,16,18H,2-4,7-8,10H2,1H3. The van der Waals surface area contributed by atoms with Crippen LogP contribution in [-0.2, 0) is 16.6 Å². The molecule has 7 heteroatoms. The van der Waals surface area contributed by atoms with Crippen molar-refractivity contribution in [2.75, 3.05) is 19.6 Å². The molecule has 0 aromatic heterocycles. The maximum absolute atomic E-state index is 12.2. The number of likely N-dealkylation sites (N-methyl/N-ethyl adjacent to an activating group) is 1. The van der Waals surface area contributed by atoms with Gasteiger partial charge in [0.05, 0.1) is 11.5 Å². The third kappa shape index (κ3) is 4.40. The number of benzene rings is 1. The molecule has 2 N–H and O–H groups in total. The fraction of sp³-hybridized carbons (Fsp3) is 0.571. The number of aliphatic hydroxyl groups excluding tert-OH is 1. The van der Waals surface area contributed by atoms with Crippen LogP contribution >= 0.6 is 11.6 Å². The summed E-state index contributed by atoms with van der Waals surface area (Å²) in [4.78, 5) is 2.41. The van der Waals surface area contributed by atoms with Gasteiger partial charge in [-0.05, 0) is 43.1 Å². The molecule has 0 radical (unpaired) electrons. The molecule has 0 bridgehead atoms. The maximum Gasteiger partial charge on any atom is 0.240 e. The van der Waals surface area contributed by atoms with Crippen LogP contribution in [0.15, 0.2) is 23.1 Å². The highest BCUT2D eigenvalue weighted by Gasteiger charge is 2.27. The van der Waals surface area contributed by atoms with Crippen LogP contribution in [-0.4, -0.2) is 44.1 Å². The second-order valence-corrected chi connectivity index (χ2v) is 7.34. The molecule has 0 aliphatic heterocycles. The number of halogens is 1. The topological polar surface area (TPSA) is 69.6 Å². The van der Waals surface area contributed by atoms with E-state index in [-0.39, 0.29) is 11.5 Å². The first-order valence-corrected chi connectivity index (χ1v) is 8.97. The van der Waals surface area contributed by atoms with E-state index in [2.05, 4.69) is 16.5 Å². The van der Waals surface area contributed by atoms with Crippen LogP contribution in [0.25, 0.3) is 0 Å². The Hall–Kier alpha value is -0.660. The van der Waals surface area contributed by atoms with Crippen LogP contribution in [0.3, 0.4) is 0 Å². The van der Waals surface area contributed by atoms with Gasteiger partial charge in [0.15, 0.2) is 0 Å². The van der Waals surface area contributed by atoms with E-state index in [9.17, 15) is 8.42 Å². The van der Waals surface area contributed by atoms with E-state index < -0.39 is 10.0 Å². The van der Waals surface area contributed by atoms with Gasteiger partial charge in [0.25, 0.3) is 0 Å². The van der Waals surface area contributed by atoms with E-state index in [1.54, 1.807) is 0 Å². The molecule has 5 nitrogen and oxygen atoms in total. The third-order valence-corrected chi connectivity index (χ3v) is 5.49. The monoisotopic (exact) mass is 332 g/mol. The highest BCUT2D eigenvalue weighted by Crippen LogP contribution is 2.26. The fourth-order valence-electron chi connectivity index (χ4n) is 2.28. The van der Waals surface area contributed by atoms with Gasteiger partial charge in [0.1, 0.15) is 0 Å². The molecule has 0 spiro atoms. The van der Waals surface area contributed by atoms with Crippen molar-refractivity contribution in [3.63, 3.8) is 0 Å². The smallest absolute Gasteiger partial charge is 0.240 e. The fourth-order valence-corrected chi connectivity index (χ4v) is 3.53. The van der Waals surface area contributed by atoms with Gasteiger partial charge >= 0.3 is 0 Å². The molecule has 21 heavy (non-hydrogen) atoms. The highest BCUT2D eigenvalue weighted by molar-refractivity contribution is 7.89. The number of nitrogens with one attached hydrogen (secondary N) is 1. The molecule has 1 aromatic rings. The van der Waals surface area contributed by atoms with Crippen molar-refractivity contribution in [1.29, 1.82) is 0 Å². The van der Waals surface area contributed by atoms with Gasteiger partial charge in [0.2, 0.25) is 10.0 Å². The summed E-state index contributed by atoms with van der Waals surface area (Å²) >= 11 is 5.87. The Morgan fingerprint density at radius 1 is 1.43 bits per heavy atom. The summed E-state index contributed by atoms with van der Waals surface area (Å²) in [6.45, 7) is 3.82. The molecule has 2 rings (SSSR count). The van der Waals surface area contributed by atoms with E-state index in [0.717, 1.165) is 6.54 Å². The van der Waals surface area contributed by atoms with Crippen molar-refractivity contribution in [2.24, 2.45) is 0 Å². The Morgan fingerprint density at radius 3 is 2.71 bits per heavy atom. The van der Waals surface area contributed by atoms with Crippen LogP contribution in [0.1, 0.15) is 25.3 Å². The Bertz CT molecular complexity index is 588. The van der Waals surface area contributed by atoms with Crippen LogP contribution in [0, 0.1) is 0 Å². The lowest BCUT2D eigenvalue weighted by Crippen LogP contribution is -2.36. The van der Waals surface area contributed by atoms with E-state index in [4.69, 9.17) is 16.7 Å². The third-order valence-electron chi connectivity index (χ3n) is 3.66. The molecule has 0 amide bonds. The minimum atomic E-state index is -3.57. The molecule has 1 aromatic carbocycles. The first kappa shape index (κ1) is 16.7. The molecule has 1 saturated carbocycles. The number of aliphatic hydroxyl groups is 1. The van der Waals surface area contributed by atoms with Gasteiger partial charge < -0.3 is 5.11 Å². The van der Waals surface area contributed by atoms with Crippen LogP contribution < -0.4 is 4.72 Å². The molecular weight excluding hydrogens is 312 g/mol. The van der Waals surface area contributed by atoms with Gasteiger partial charge in [-0.25, -0.2) is 13.1 Å². The quantitative estimate of drug-likeness (QED) is 0.758. The van der Waals surface area contributed by atoms with Crippen molar-refractivity contribution in [3.05, 3.63) is 28.8 Å². The zero-order valence-corrected chi connectivity index (χ0v) is 13.6. The van der Waals surface area contributed by atoms with Crippen LogP contribution in [0.2, 0.25) is 5.02 Å². The molecule has 118 valence electrons. The minimum Gasteiger partial charge on any atom is -0.392 e. The number of nitrogens with zero attached hydrogens (tertiary/aromatic N) is 1. The van der Waals surface area contributed by atoms with Crippen LogP contribution in [0.5, 0.6) is 0 Å². The molecule has 1 fully saturated rings. The number of rotatable bonds is 8. The largest absolute Gasteiger partial charge is 0.392 e. The first-order valence-electron chi connectivity index (χ1n) is 7.11. The van der Waals surface area contributed by atoms with Crippen molar-refractivity contribution >= 4 is 21.6 Å². The van der Waals surface area contributed by atoms with Gasteiger partial charge in [-0.15, -0.1) is 0 Å². The van der Waals surface area contributed by atoms with E-state index >= 15 is 0 Å². The van der Waals surface area contributed by atoms with E-state index in [1.165, 1.54) is 31.0 Å². The Kier molecular flexibility index (Phi) is 5.62. The van der Waals surface area contributed by atoms with Gasteiger partial charge in [-0.3, -0.25) is 4.90 Å². The summed E-state index contributed by atoms with van der Waals surface area (Å²) < 4.78 is 27.0. The summed E-state index contributed by atoms with van der Waals surface area (Å²) in [6, 6.07) is 4.96. The van der Waals surface area contributed by atoms with Crippen molar-refractivity contribution < 1.29 is 13.5 Å². The van der Waals surface area contributed by atoms with Crippen LogP contribution in [0.4, 0.5) is 0 Å². The molecule has 0 atom stereocenters. The normalized spacial score (nSPS) is 15.6. The molecule has 0 heterocycles. The zero-order chi connectivity index (χ0) is 15.5. The lowest BCUT2D eigenvalue weighted by Gasteiger charge is -2.19. The molecular formula is C14H21ClN2O3S.